The molecule has 0 bridgehead atoms. The van der Waals surface area contributed by atoms with Crippen LogP contribution in [0.5, 0.6) is 11.5 Å². The van der Waals surface area contributed by atoms with Crippen molar-refractivity contribution in [2.45, 2.75) is 19.5 Å². The van der Waals surface area contributed by atoms with Gasteiger partial charge in [-0.3, -0.25) is 0 Å². The third-order valence-corrected chi connectivity index (χ3v) is 4.32. The zero-order valence-corrected chi connectivity index (χ0v) is 15.8. The van der Waals surface area contributed by atoms with Gasteiger partial charge in [-0.2, -0.15) is 4.52 Å². The lowest BCUT2D eigenvalue weighted by atomic mass is 10.2. The highest BCUT2D eigenvalue weighted by Crippen LogP contribution is 2.27. The standard InChI is InChI=1S/C19H17F3N6O2/c1-29-14-4-2-3-13-16(14)26-18(23)28-17(13)25-15(27-28)10-24-9-11-5-7-12(8-6-11)30-19(20,21)22/h2-8,24H,9-10H2,1H3,(H2,23,26). The van der Waals surface area contributed by atoms with Gasteiger partial charge in [-0.15, -0.1) is 18.3 Å². The van der Waals surface area contributed by atoms with Crippen LogP contribution >= 0.6 is 0 Å². The van der Waals surface area contributed by atoms with Crippen LogP contribution in [-0.2, 0) is 13.1 Å². The summed E-state index contributed by atoms with van der Waals surface area (Å²) in [7, 11) is 1.55. The lowest BCUT2D eigenvalue weighted by Crippen LogP contribution is -2.17. The molecule has 0 unspecified atom stereocenters. The van der Waals surface area contributed by atoms with E-state index in [-0.39, 0.29) is 11.7 Å². The van der Waals surface area contributed by atoms with Crippen LogP contribution in [0.2, 0.25) is 0 Å². The number of nitrogens with one attached hydrogen (secondary N) is 1. The van der Waals surface area contributed by atoms with Crippen molar-refractivity contribution in [2.75, 3.05) is 12.8 Å². The molecule has 0 spiro atoms. The Morgan fingerprint density at radius 1 is 1.07 bits per heavy atom. The van der Waals surface area contributed by atoms with Crippen LogP contribution in [-0.4, -0.2) is 33.1 Å². The Hall–Kier alpha value is -3.60. The Morgan fingerprint density at radius 2 is 1.83 bits per heavy atom. The number of nitrogens with two attached hydrogens (primary N) is 1. The van der Waals surface area contributed by atoms with Gasteiger partial charge in [0.2, 0.25) is 5.95 Å². The van der Waals surface area contributed by atoms with Crippen molar-refractivity contribution in [3.05, 3.63) is 53.9 Å². The summed E-state index contributed by atoms with van der Waals surface area (Å²) in [6.45, 7) is 0.734. The molecule has 0 saturated heterocycles. The number of nitrogen functional groups attached to an aromatic ring is 1. The molecule has 4 rings (SSSR count). The lowest BCUT2D eigenvalue weighted by molar-refractivity contribution is -0.274. The molecule has 0 radical (unpaired) electrons. The minimum absolute atomic E-state index is 0.181. The Labute approximate surface area is 168 Å². The zero-order chi connectivity index (χ0) is 21.3. The van der Waals surface area contributed by atoms with E-state index in [9.17, 15) is 13.2 Å². The number of hydrogen-bond donors (Lipinski definition) is 2. The van der Waals surface area contributed by atoms with Gasteiger partial charge < -0.3 is 20.5 Å². The molecule has 2 aromatic heterocycles. The summed E-state index contributed by atoms with van der Waals surface area (Å²) in [4.78, 5) is 8.88. The van der Waals surface area contributed by atoms with Crippen molar-refractivity contribution >= 4 is 22.5 Å². The molecule has 156 valence electrons. The topological polar surface area (TPSA) is 99.6 Å². The van der Waals surface area contributed by atoms with Crippen molar-refractivity contribution in [1.82, 2.24) is 24.9 Å². The van der Waals surface area contributed by atoms with E-state index in [1.54, 1.807) is 25.3 Å². The van der Waals surface area contributed by atoms with E-state index in [0.29, 0.717) is 35.8 Å². The van der Waals surface area contributed by atoms with E-state index >= 15 is 0 Å². The number of halogens is 3. The van der Waals surface area contributed by atoms with Crippen LogP contribution in [0, 0.1) is 0 Å². The van der Waals surface area contributed by atoms with Gasteiger partial charge in [0.25, 0.3) is 0 Å². The van der Waals surface area contributed by atoms with Gasteiger partial charge in [-0.05, 0) is 29.8 Å². The van der Waals surface area contributed by atoms with Gasteiger partial charge in [0.05, 0.1) is 13.7 Å². The SMILES string of the molecule is COc1cccc2c1nc(N)n1nc(CNCc3ccc(OC(F)(F)F)cc3)nc21. The number of methoxy groups -OCH3 is 1. The smallest absolute Gasteiger partial charge is 0.494 e. The minimum atomic E-state index is -4.71. The highest BCUT2D eigenvalue weighted by atomic mass is 19.4. The Kier molecular flexibility index (Phi) is 5.04. The summed E-state index contributed by atoms with van der Waals surface area (Å²) in [5, 5.41) is 8.28. The number of nitrogens with zero attached hydrogens (tertiary/aromatic N) is 4. The predicted molar refractivity (Wildman–Crippen MR) is 103 cm³/mol. The molecule has 30 heavy (non-hydrogen) atoms. The van der Waals surface area contributed by atoms with E-state index in [4.69, 9.17) is 10.5 Å². The molecule has 0 atom stereocenters. The molecule has 0 saturated carbocycles. The molecule has 0 aliphatic rings. The first-order valence-electron chi connectivity index (χ1n) is 8.87. The first-order chi connectivity index (χ1) is 14.3. The van der Waals surface area contributed by atoms with E-state index < -0.39 is 6.36 Å². The summed E-state index contributed by atoms with van der Waals surface area (Å²) >= 11 is 0. The molecule has 2 aromatic carbocycles. The van der Waals surface area contributed by atoms with Crippen molar-refractivity contribution in [2.24, 2.45) is 0 Å². The molecular formula is C19H17F3N6O2. The molecule has 0 aliphatic carbocycles. The molecule has 0 amide bonds. The maximum Gasteiger partial charge on any atom is 0.573 e. The molecule has 4 aromatic rings. The fourth-order valence-electron chi connectivity index (χ4n) is 3.04. The average molecular weight is 418 g/mol. The molecule has 0 aliphatic heterocycles. The third-order valence-electron chi connectivity index (χ3n) is 4.32. The Morgan fingerprint density at radius 3 is 2.53 bits per heavy atom. The number of benzene rings is 2. The van der Waals surface area contributed by atoms with Gasteiger partial charge in [-0.1, -0.05) is 18.2 Å². The molecule has 3 N–H and O–H groups in total. The van der Waals surface area contributed by atoms with E-state index in [2.05, 4.69) is 25.1 Å². The third kappa shape index (κ3) is 4.06. The van der Waals surface area contributed by atoms with Crippen LogP contribution in [0.4, 0.5) is 19.1 Å². The van der Waals surface area contributed by atoms with Crippen LogP contribution < -0.4 is 20.5 Å². The first-order valence-corrected chi connectivity index (χ1v) is 8.87. The number of rotatable bonds is 6. The summed E-state index contributed by atoms with van der Waals surface area (Å²) in [6.07, 6.45) is -4.71. The number of alkyl halides is 3. The monoisotopic (exact) mass is 418 g/mol. The van der Waals surface area contributed by atoms with Crippen LogP contribution in [0.25, 0.3) is 16.6 Å². The molecule has 8 nitrogen and oxygen atoms in total. The van der Waals surface area contributed by atoms with Crippen molar-refractivity contribution in [3.63, 3.8) is 0 Å². The van der Waals surface area contributed by atoms with Crippen LogP contribution in [0.15, 0.2) is 42.5 Å². The maximum absolute atomic E-state index is 12.2. The van der Waals surface area contributed by atoms with Crippen molar-refractivity contribution < 1.29 is 22.6 Å². The minimum Gasteiger partial charge on any atom is -0.494 e. The Balaban J connectivity index is 1.48. The quantitative estimate of drug-likeness (QED) is 0.496. The first kappa shape index (κ1) is 19.7. The summed E-state index contributed by atoms with van der Waals surface area (Å²) < 4.78 is 47.3. The maximum atomic E-state index is 12.2. The summed E-state index contributed by atoms with van der Waals surface area (Å²) in [6, 6.07) is 11.1. The van der Waals surface area contributed by atoms with Crippen LogP contribution in [0.1, 0.15) is 11.4 Å². The number of aromatic nitrogens is 4. The zero-order valence-electron chi connectivity index (χ0n) is 15.8. The van der Waals surface area contributed by atoms with Gasteiger partial charge in [-0.25, -0.2) is 9.97 Å². The van der Waals surface area contributed by atoms with Gasteiger partial charge in [0.15, 0.2) is 11.5 Å². The second-order valence-corrected chi connectivity index (χ2v) is 6.39. The highest BCUT2D eigenvalue weighted by molar-refractivity contribution is 5.95. The highest BCUT2D eigenvalue weighted by Gasteiger charge is 2.30. The second kappa shape index (κ2) is 7.67. The van der Waals surface area contributed by atoms with Gasteiger partial charge in [0, 0.05) is 11.9 Å². The number of para-hydroxylation sites is 1. The number of ether oxygens (including phenoxy) is 2. The van der Waals surface area contributed by atoms with Gasteiger partial charge in [0.1, 0.15) is 17.0 Å². The second-order valence-electron chi connectivity index (χ2n) is 6.39. The average Bonchev–Trinajstić information content (AvgIpc) is 3.13. The fraction of sp³-hybridized carbons (Fsp3) is 0.211. The molecule has 0 fully saturated rings. The largest absolute Gasteiger partial charge is 0.573 e. The Bertz CT molecular complexity index is 1190. The van der Waals surface area contributed by atoms with Crippen LogP contribution in [0.3, 0.4) is 0 Å². The molecular weight excluding hydrogens is 401 g/mol. The number of fused-ring (bicyclic) bond motifs is 3. The number of hydrogen-bond acceptors (Lipinski definition) is 7. The number of anilines is 1. The van der Waals surface area contributed by atoms with E-state index in [1.807, 2.05) is 12.1 Å². The van der Waals surface area contributed by atoms with Crippen molar-refractivity contribution in [1.29, 1.82) is 0 Å². The predicted octanol–water partition coefficient (Wildman–Crippen LogP) is 3.06. The fourth-order valence-corrected chi connectivity index (χ4v) is 3.04. The van der Waals surface area contributed by atoms with Gasteiger partial charge >= 0.3 is 6.36 Å². The lowest BCUT2D eigenvalue weighted by Gasteiger charge is -2.09. The van der Waals surface area contributed by atoms with E-state index in [0.717, 1.165) is 10.9 Å². The summed E-state index contributed by atoms with van der Waals surface area (Å²) in [5.41, 5.74) is 7.95. The normalized spacial score (nSPS) is 11.9. The van der Waals surface area contributed by atoms with Crippen molar-refractivity contribution in [3.8, 4) is 11.5 Å². The molecule has 2 heterocycles. The summed E-state index contributed by atoms with van der Waals surface area (Å²) in [5.74, 6) is 0.998. The van der Waals surface area contributed by atoms with E-state index in [1.165, 1.54) is 16.6 Å². The molecule has 11 heteroatoms.